The molecule has 0 aromatic heterocycles. The van der Waals surface area contributed by atoms with Gasteiger partial charge in [0.15, 0.2) is 0 Å². The van der Waals surface area contributed by atoms with Gasteiger partial charge in [-0.1, -0.05) is 51.0 Å². The van der Waals surface area contributed by atoms with E-state index in [0.29, 0.717) is 36.5 Å². The average Bonchev–Trinajstić information content (AvgIpc) is 3.00. The molecule has 0 spiro atoms. The van der Waals surface area contributed by atoms with Gasteiger partial charge in [-0.25, -0.2) is 4.39 Å². The number of hydrogen-bond donors (Lipinski definition) is 2. The van der Waals surface area contributed by atoms with Crippen LogP contribution >= 0.6 is 0 Å². The summed E-state index contributed by atoms with van der Waals surface area (Å²) in [6.07, 6.45) is 13.2. The molecule has 3 rings (SSSR count). The molecule has 0 aliphatic heterocycles. The molecule has 2 N–H and O–H groups in total. The zero-order valence-electron chi connectivity index (χ0n) is 19.6. The maximum Gasteiger partial charge on any atom is 0.105 e. The van der Waals surface area contributed by atoms with E-state index in [4.69, 9.17) is 0 Å². The quantitative estimate of drug-likeness (QED) is 0.505. The summed E-state index contributed by atoms with van der Waals surface area (Å²) >= 11 is 0. The average molecular weight is 419 g/mol. The van der Waals surface area contributed by atoms with E-state index in [2.05, 4.69) is 32.6 Å². The van der Waals surface area contributed by atoms with E-state index in [0.717, 1.165) is 36.3 Å². The van der Waals surface area contributed by atoms with Crippen LogP contribution in [0.15, 0.2) is 35.5 Å². The molecule has 2 nitrogen and oxygen atoms in total. The van der Waals surface area contributed by atoms with Gasteiger partial charge in [0.1, 0.15) is 5.67 Å². The fourth-order valence-corrected chi connectivity index (χ4v) is 6.72. The largest absolute Gasteiger partial charge is 0.393 e. The Hall–Kier alpha value is -0.930. The van der Waals surface area contributed by atoms with E-state index in [1.807, 2.05) is 0 Å². The predicted octanol–water partition coefficient (Wildman–Crippen LogP) is 6.68. The van der Waals surface area contributed by atoms with Crippen molar-refractivity contribution in [2.45, 2.75) is 110 Å². The van der Waals surface area contributed by atoms with Crippen LogP contribution < -0.4 is 0 Å². The van der Waals surface area contributed by atoms with Gasteiger partial charge in [-0.05, 0) is 93.1 Å². The van der Waals surface area contributed by atoms with Gasteiger partial charge in [0.25, 0.3) is 0 Å². The lowest BCUT2D eigenvalue weighted by molar-refractivity contribution is 0.0860. The minimum absolute atomic E-state index is 0.343. The maximum absolute atomic E-state index is 13.9. The minimum Gasteiger partial charge on any atom is -0.393 e. The first-order valence-electron chi connectivity index (χ1n) is 12.1. The van der Waals surface area contributed by atoms with Crippen LogP contribution in [0.4, 0.5) is 4.39 Å². The predicted molar refractivity (Wildman–Crippen MR) is 123 cm³/mol. The Morgan fingerprint density at radius 1 is 1.27 bits per heavy atom. The van der Waals surface area contributed by atoms with E-state index in [1.54, 1.807) is 13.8 Å². The Bertz CT molecular complexity index is 685. The van der Waals surface area contributed by atoms with Crippen LogP contribution in [0.3, 0.4) is 0 Å². The first kappa shape index (κ1) is 23.7. The van der Waals surface area contributed by atoms with Gasteiger partial charge in [0.2, 0.25) is 0 Å². The molecule has 3 fully saturated rings. The third-order valence-electron chi connectivity index (χ3n) is 8.42. The fourth-order valence-electron chi connectivity index (χ4n) is 6.72. The van der Waals surface area contributed by atoms with Crippen molar-refractivity contribution in [3.05, 3.63) is 35.5 Å². The Kier molecular flexibility index (Phi) is 7.34. The normalized spacial score (nSPS) is 38.8. The number of allylic oxidation sites excluding steroid dienone is 3. The lowest BCUT2D eigenvalue weighted by Gasteiger charge is -2.44. The monoisotopic (exact) mass is 418 g/mol. The topological polar surface area (TPSA) is 40.5 Å². The Balaban J connectivity index is 1.70. The molecule has 170 valence electrons. The molecule has 0 unspecified atom stereocenters. The summed E-state index contributed by atoms with van der Waals surface area (Å²) in [5.74, 6) is 1.98. The van der Waals surface area contributed by atoms with E-state index in [1.165, 1.54) is 31.3 Å². The minimum atomic E-state index is -1.06. The Morgan fingerprint density at radius 2 is 2.00 bits per heavy atom. The second-order valence-corrected chi connectivity index (χ2v) is 11.3. The first-order chi connectivity index (χ1) is 14.0. The summed E-state index contributed by atoms with van der Waals surface area (Å²) < 4.78 is 13.9. The van der Waals surface area contributed by atoms with Crippen LogP contribution in [0.2, 0.25) is 0 Å². The zero-order chi connectivity index (χ0) is 22.1. The summed E-state index contributed by atoms with van der Waals surface area (Å²) in [6, 6.07) is 0. The molecule has 3 heteroatoms. The molecule has 0 radical (unpaired) electrons. The summed E-state index contributed by atoms with van der Waals surface area (Å²) in [6.45, 7) is 12.3. The molecule has 0 bridgehead atoms. The number of aliphatic hydroxyl groups is 2. The molecule has 0 aromatic carbocycles. The van der Waals surface area contributed by atoms with E-state index in [9.17, 15) is 14.6 Å². The molecule has 6 atom stereocenters. The van der Waals surface area contributed by atoms with Crippen LogP contribution in [-0.4, -0.2) is 28.1 Å². The third kappa shape index (κ3) is 5.27. The SMILES string of the molecule is C=C1/C(=C\C=C2/CCC[C@]3(C)[C@@H]([C@@H](C)CCCC(C)(C)F)CC[C@@H]23)C[C@H](O)C[C@@H]1O. The number of hydrogen-bond acceptors (Lipinski definition) is 2. The number of rotatable bonds is 6. The van der Waals surface area contributed by atoms with Crippen molar-refractivity contribution >= 4 is 0 Å². The first-order valence-corrected chi connectivity index (χ1v) is 12.1. The van der Waals surface area contributed by atoms with Gasteiger partial charge < -0.3 is 10.2 Å². The van der Waals surface area contributed by atoms with Crippen molar-refractivity contribution in [3.63, 3.8) is 0 Å². The van der Waals surface area contributed by atoms with Crippen molar-refractivity contribution in [2.75, 3.05) is 0 Å². The third-order valence-corrected chi connectivity index (χ3v) is 8.42. The standard InChI is InChI=1S/C27H43FO2/c1-18(8-6-14-26(3,4)28)23-12-13-24-20(9-7-15-27(23,24)5)10-11-21-16-22(29)17-25(30)19(21)2/h10-11,18,22-25,29-30H,2,6-9,12-17H2,1,3-5H3/b20-10+,21-11-/t18-,22-,23+,24-,25-,27+/m0/s1. The van der Waals surface area contributed by atoms with Gasteiger partial charge in [-0.3, -0.25) is 0 Å². The van der Waals surface area contributed by atoms with Gasteiger partial charge in [0.05, 0.1) is 12.2 Å². The molecule has 3 aliphatic carbocycles. The van der Waals surface area contributed by atoms with Crippen LogP contribution in [0, 0.1) is 23.2 Å². The lowest BCUT2D eigenvalue weighted by atomic mass is 9.60. The summed E-state index contributed by atoms with van der Waals surface area (Å²) in [4.78, 5) is 0. The molecule has 3 saturated carbocycles. The Morgan fingerprint density at radius 3 is 2.70 bits per heavy atom. The van der Waals surface area contributed by atoms with E-state index in [-0.39, 0.29) is 0 Å². The molecule has 0 aromatic rings. The Labute approximate surface area is 183 Å². The van der Waals surface area contributed by atoms with Crippen molar-refractivity contribution in [1.82, 2.24) is 0 Å². The summed E-state index contributed by atoms with van der Waals surface area (Å²) in [5, 5.41) is 20.1. The van der Waals surface area contributed by atoms with E-state index < -0.39 is 17.9 Å². The molecule has 0 saturated heterocycles. The highest BCUT2D eigenvalue weighted by molar-refractivity contribution is 5.38. The van der Waals surface area contributed by atoms with Crippen LogP contribution in [0.5, 0.6) is 0 Å². The zero-order valence-corrected chi connectivity index (χ0v) is 19.6. The van der Waals surface area contributed by atoms with Crippen molar-refractivity contribution in [2.24, 2.45) is 23.2 Å². The van der Waals surface area contributed by atoms with Gasteiger partial charge in [0, 0.05) is 6.42 Å². The number of halogens is 1. The van der Waals surface area contributed by atoms with E-state index >= 15 is 0 Å². The molecule has 3 aliphatic rings. The van der Waals surface area contributed by atoms with Crippen molar-refractivity contribution in [1.29, 1.82) is 0 Å². The molecule has 0 heterocycles. The maximum atomic E-state index is 13.9. The van der Waals surface area contributed by atoms with Crippen molar-refractivity contribution < 1.29 is 14.6 Å². The molecule has 30 heavy (non-hydrogen) atoms. The molecular weight excluding hydrogens is 375 g/mol. The smallest absolute Gasteiger partial charge is 0.105 e. The van der Waals surface area contributed by atoms with Gasteiger partial charge in [-0.15, -0.1) is 0 Å². The second-order valence-electron chi connectivity index (χ2n) is 11.3. The molecule has 0 amide bonds. The van der Waals surface area contributed by atoms with Crippen LogP contribution in [-0.2, 0) is 0 Å². The number of fused-ring (bicyclic) bond motifs is 1. The second kappa shape index (κ2) is 9.28. The number of alkyl halides is 1. The summed E-state index contributed by atoms with van der Waals surface area (Å²) in [7, 11) is 0. The highest BCUT2D eigenvalue weighted by atomic mass is 19.1. The summed E-state index contributed by atoms with van der Waals surface area (Å²) in [5.41, 5.74) is 2.59. The number of aliphatic hydroxyl groups excluding tert-OH is 2. The van der Waals surface area contributed by atoms with Crippen LogP contribution in [0.25, 0.3) is 0 Å². The lowest BCUT2D eigenvalue weighted by Crippen LogP contribution is -2.36. The van der Waals surface area contributed by atoms with Crippen molar-refractivity contribution in [3.8, 4) is 0 Å². The van der Waals surface area contributed by atoms with Gasteiger partial charge in [-0.2, -0.15) is 0 Å². The van der Waals surface area contributed by atoms with Crippen LogP contribution in [0.1, 0.15) is 91.9 Å². The fraction of sp³-hybridized carbons (Fsp3) is 0.778. The highest BCUT2D eigenvalue weighted by Crippen LogP contribution is 2.60. The highest BCUT2D eigenvalue weighted by Gasteiger charge is 2.50. The van der Waals surface area contributed by atoms with Gasteiger partial charge >= 0.3 is 0 Å². The molecular formula is C27H43FO2.